The van der Waals surface area contributed by atoms with Crippen LogP contribution in [0.2, 0.25) is 0 Å². The Morgan fingerprint density at radius 2 is 1.88 bits per heavy atom. The number of benzene rings is 1. The molecular formula is C14H16FNO. The van der Waals surface area contributed by atoms with E-state index in [1.54, 1.807) is 24.7 Å². The van der Waals surface area contributed by atoms with Crippen molar-refractivity contribution in [2.75, 3.05) is 0 Å². The molecule has 17 heavy (non-hydrogen) atoms. The summed E-state index contributed by atoms with van der Waals surface area (Å²) in [5.74, 6) is -0.202. The molecule has 0 amide bonds. The van der Waals surface area contributed by atoms with Gasteiger partial charge in [-0.2, -0.15) is 0 Å². The summed E-state index contributed by atoms with van der Waals surface area (Å²) < 4.78 is 18.1. The van der Waals surface area contributed by atoms with Crippen LogP contribution in [-0.4, -0.2) is 0 Å². The topological polar surface area (TPSA) is 25.2 Å². The van der Waals surface area contributed by atoms with Gasteiger partial charge in [-0.1, -0.05) is 12.1 Å². The standard InChI is InChI=1S/C14H16FNO/c1-10(12-4-3-5-14(15)8-12)16-11(2)13-6-7-17-9-13/h3-11,16H,1-2H3. The molecule has 0 aliphatic rings. The molecule has 0 aliphatic carbocycles. The van der Waals surface area contributed by atoms with Crippen LogP contribution in [0.4, 0.5) is 4.39 Å². The summed E-state index contributed by atoms with van der Waals surface area (Å²) in [6.07, 6.45) is 3.37. The SMILES string of the molecule is CC(NC(C)c1cccc(F)c1)c1ccoc1. The first kappa shape index (κ1) is 11.9. The normalized spacial score (nSPS) is 14.5. The minimum atomic E-state index is -0.202. The van der Waals surface area contributed by atoms with Crippen molar-refractivity contribution in [3.05, 3.63) is 59.8 Å². The Morgan fingerprint density at radius 1 is 1.12 bits per heavy atom. The van der Waals surface area contributed by atoms with Crippen LogP contribution in [0, 0.1) is 5.82 Å². The van der Waals surface area contributed by atoms with Gasteiger partial charge in [0.2, 0.25) is 0 Å². The van der Waals surface area contributed by atoms with Crippen molar-refractivity contribution in [3.63, 3.8) is 0 Å². The van der Waals surface area contributed by atoms with E-state index in [1.807, 2.05) is 19.1 Å². The molecule has 90 valence electrons. The largest absolute Gasteiger partial charge is 0.472 e. The van der Waals surface area contributed by atoms with Crippen LogP contribution < -0.4 is 5.32 Å². The van der Waals surface area contributed by atoms with E-state index in [9.17, 15) is 4.39 Å². The number of furan rings is 1. The van der Waals surface area contributed by atoms with E-state index in [0.29, 0.717) is 0 Å². The predicted octanol–water partition coefficient (Wildman–Crippen LogP) is 3.83. The molecule has 0 fully saturated rings. The Balaban J connectivity index is 2.04. The third kappa shape index (κ3) is 2.94. The van der Waals surface area contributed by atoms with E-state index in [1.165, 1.54) is 6.07 Å². The maximum absolute atomic E-state index is 13.1. The minimum Gasteiger partial charge on any atom is -0.472 e. The van der Waals surface area contributed by atoms with Crippen molar-refractivity contribution in [2.24, 2.45) is 0 Å². The lowest BCUT2D eigenvalue weighted by Gasteiger charge is -2.19. The molecule has 2 unspecified atom stereocenters. The molecule has 3 heteroatoms. The Hall–Kier alpha value is -1.61. The average Bonchev–Trinajstić information content (AvgIpc) is 2.82. The number of nitrogens with one attached hydrogen (secondary N) is 1. The van der Waals surface area contributed by atoms with Gasteiger partial charge >= 0.3 is 0 Å². The third-order valence-corrected chi connectivity index (χ3v) is 2.89. The lowest BCUT2D eigenvalue weighted by Crippen LogP contribution is -2.22. The summed E-state index contributed by atoms with van der Waals surface area (Å²) in [5, 5.41) is 3.40. The third-order valence-electron chi connectivity index (χ3n) is 2.89. The fraction of sp³-hybridized carbons (Fsp3) is 0.286. The van der Waals surface area contributed by atoms with E-state index in [2.05, 4.69) is 12.2 Å². The van der Waals surface area contributed by atoms with Gasteiger partial charge in [0.15, 0.2) is 0 Å². The van der Waals surface area contributed by atoms with E-state index < -0.39 is 0 Å². The molecule has 0 bridgehead atoms. The highest BCUT2D eigenvalue weighted by Gasteiger charge is 2.12. The van der Waals surface area contributed by atoms with Gasteiger partial charge in [0.1, 0.15) is 5.82 Å². The van der Waals surface area contributed by atoms with Crippen molar-refractivity contribution in [3.8, 4) is 0 Å². The quantitative estimate of drug-likeness (QED) is 0.868. The Labute approximate surface area is 100 Å². The van der Waals surface area contributed by atoms with Crippen LogP contribution in [0.15, 0.2) is 47.3 Å². The molecule has 1 heterocycles. The van der Waals surface area contributed by atoms with Crippen molar-refractivity contribution in [1.82, 2.24) is 5.32 Å². The average molecular weight is 233 g/mol. The monoisotopic (exact) mass is 233 g/mol. The molecular weight excluding hydrogens is 217 g/mol. The maximum Gasteiger partial charge on any atom is 0.123 e. The molecule has 2 nitrogen and oxygen atoms in total. The van der Waals surface area contributed by atoms with Gasteiger partial charge in [0.25, 0.3) is 0 Å². The van der Waals surface area contributed by atoms with E-state index in [-0.39, 0.29) is 17.9 Å². The van der Waals surface area contributed by atoms with Gasteiger partial charge in [0.05, 0.1) is 12.5 Å². The van der Waals surface area contributed by atoms with Crippen molar-refractivity contribution >= 4 is 0 Å². The summed E-state index contributed by atoms with van der Waals surface area (Å²) >= 11 is 0. The Bertz CT molecular complexity index is 467. The minimum absolute atomic E-state index is 0.0931. The lowest BCUT2D eigenvalue weighted by atomic mass is 10.1. The highest BCUT2D eigenvalue weighted by molar-refractivity contribution is 5.20. The van der Waals surface area contributed by atoms with Gasteiger partial charge in [-0.3, -0.25) is 0 Å². The molecule has 0 spiro atoms. The zero-order chi connectivity index (χ0) is 12.3. The molecule has 1 N–H and O–H groups in total. The summed E-state index contributed by atoms with van der Waals surface area (Å²) in [6.45, 7) is 4.08. The van der Waals surface area contributed by atoms with Crippen LogP contribution in [0.25, 0.3) is 0 Å². The second-order valence-corrected chi connectivity index (χ2v) is 4.22. The second-order valence-electron chi connectivity index (χ2n) is 4.22. The van der Waals surface area contributed by atoms with Gasteiger partial charge in [-0.15, -0.1) is 0 Å². The maximum atomic E-state index is 13.1. The van der Waals surface area contributed by atoms with Gasteiger partial charge in [0, 0.05) is 17.6 Å². The fourth-order valence-corrected chi connectivity index (χ4v) is 1.86. The van der Waals surface area contributed by atoms with Crippen LogP contribution >= 0.6 is 0 Å². The van der Waals surface area contributed by atoms with Gasteiger partial charge in [-0.05, 0) is 37.6 Å². The highest BCUT2D eigenvalue weighted by Crippen LogP contribution is 2.19. The zero-order valence-corrected chi connectivity index (χ0v) is 9.98. The molecule has 1 aromatic carbocycles. The molecule has 0 aliphatic heterocycles. The summed E-state index contributed by atoms with van der Waals surface area (Å²) in [7, 11) is 0. The molecule has 2 aromatic rings. The lowest BCUT2D eigenvalue weighted by molar-refractivity contribution is 0.484. The molecule has 0 saturated carbocycles. The van der Waals surface area contributed by atoms with Gasteiger partial charge < -0.3 is 9.73 Å². The zero-order valence-electron chi connectivity index (χ0n) is 9.98. The Kier molecular flexibility index (Phi) is 3.59. The first-order chi connectivity index (χ1) is 8.16. The predicted molar refractivity (Wildman–Crippen MR) is 65.1 cm³/mol. The fourth-order valence-electron chi connectivity index (χ4n) is 1.86. The smallest absolute Gasteiger partial charge is 0.123 e. The number of rotatable bonds is 4. The number of halogens is 1. The Morgan fingerprint density at radius 3 is 2.53 bits per heavy atom. The van der Waals surface area contributed by atoms with Crippen LogP contribution in [-0.2, 0) is 0 Å². The molecule has 1 aromatic heterocycles. The van der Waals surface area contributed by atoms with Crippen LogP contribution in [0.5, 0.6) is 0 Å². The molecule has 0 radical (unpaired) electrons. The van der Waals surface area contributed by atoms with Crippen molar-refractivity contribution in [2.45, 2.75) is 25.9 Å². The molecule has 0 saturated heterocycles. The summed E-state index contributed by atoms with van der Waals surface area (Å²) in [6, 6.07) is 8.85. The highest BCUT2D eigenvalue weighted by atomic mass is 19.1. The summed E-state index contributed by atoms with van der Waals surface area (Å²) in [5.41, 5.74) is 2.04. The first-order valence-corrected chi connectivity index (χ1v) is 5.70. The van der Waals surface area contributed by atoms with Crippen molar-refractivity contribution < 1.29 is 8.81 Å². The van der Waals surface area contributed by atoms with E-state index in [0.717, 1.165) is 11.1 Å². The van der Waals surface area contributed by atoms with Crippen LogP contribution in [0.1, 0.15) is 37.1 Å². The molecule has 2 atom stereocenters. The number of hydrogen-bond acceptors (Lipinski definition) is 2. The summed E-state index contributed by atoms with van der Waals surface area (Å²) in [4.78, 5) is 0. The second kappa shape index (κ2) is 5.15. The molecule has 2 rings (SSSR count). The van der Waals surface area contributed by atoms with E-state index in [4.69, 9.17) is 4.42 Å². The van der Waals surface area contributed by atoms with Gasteiger partial charge in [-0.25, -0.2) is 4.39 Å². The van der Waals surface area contributed by atoms with E-state index >= 15 is 0 Å². The number of hydrogen-bond donors (Lipinski definition) is 1. The van der Waals surface area contributed by atoms with Crippen LogP contribution in [0.3, 0.4) is 0 Å². The van der Waals surface area contributed by atoms with Crippen molar-refractivity contribution in [1.29, 1.82) is 0 Å². The first-order valence-electron chi connectivity index (χ1n) is 5.70.